The van der Waals surface area contributed by atoms with Crippen LogP contribution in [-0.2, 0) is 11.2 Å². The van der Waals surface area contributed by atoms with E-state index in [1.165, 1.54) is 6.07 Å². The van der Waals surface area contributed by atoms with E-state index in [1.54, 1.807) is 6.07 Å². The number of carbonyl (C=O) groups is 1. The summed E-state index contributed by atoms with van der Waals surface area (Å²) >= 11 is 2.14. The minimum Gasteiger partial charge on any atom is -0.450 e. The van der Waals surface area contributed by atoms with Crippen LogP contribution in [0.4, 0.5) is 9.18 Å². The maximum Gasteiger partial charge on any atom is 0.505 e. The molecule has 1 N–H and O–H groups in total. The van der Waals surface area contributed by atoms with Crippen molar-refractivity contribution in [2.45, 2.75) is 6.42 Å². The zero-order chi connectivity index (χ0) is 13.1. The summed E-state index contributed by atoms with van der Waals surface area (Å²) in [7, 11) is 0. The lowest BCUT2D eigenvalue weighted by atomic mass is 10.0. The van der Waals surface area contributed by atoms with Crippen LogP contribution >= 0.6 is 22.6 Å². The van der Waals surface area contributed by atoms with Gasteiger partial charge in [-0.3, -0.25) is 0 Å². The summed E-state index contributed by atoms with van der Waals surface area (Å²) in [4.78, 5) is 10.3. The van der Waals surface area contributed by atoms with Gasteiger partial charge in [-0.2, -0.15) is 0 Å². The number of benzene rings is 2. The molecule has 2 aromatic rings. The maximum atomic E-state index is 13.8. The lowest BCUT2D eigenvalue weighted by Gasteiger charge is -2.09. The van der Waals surface area contributed by atoms with Crippen molar-refractivity contribution in [3.05, 3.63) is 45.3 Å². The molecule has 0 aromatic heterocycles. The summed E-state index contributed by atoms with van der Waals surface area (Å²) in [6.07, 6.45) is -1.11. The Morgan fingerprint density at radius 3 is 2.83 bits per heavy atom. The number of hydrogen-bond donors (Lipinski definition) is 1. The molecule has 0 radical (unpaired) electrons. The van der Waals surface area contributed by atoms with Gasteiger partial charge in [-0.25, -0.2) is 9.18 Å². The number of rotatable bonds is 3. The quantitative estimate of drug-likeness (QED) is 0.669. The molecule has 0 saturated heterocycles. The van der Waals surface area contributed by atoms with Crippen LogP contribution in [0.5, 0.6) is 0 Å². The van der Waals surface area contributed by atoms with Crippen molar-refractivity contribution in [1.82, 2.24) is 0 Å². The van der Waals surface area contributed by atoms with Crippen molar-refractivity contribution in [3.8, 4) is 0 Å². The fourth-order valence-electron chi connectivity index (χ4n) is 1.87. The van der Waals surface area contributed by atoms with Crippen molar-refractivity contribution in [2.24, 2.45) is 0 Å². The molecule has 0 aliphatic carbocycles. The van der Waals surface area contributed by atoms with Crippen LogP contribution in [0.25, 0.3) is 10.8 Å². The Morgan fingerprint density at radius 1 is 1.33 bits per heavy atom. The predicted octanol–water partition coefficient (Wildman–Crippen LogP) is 3.82. The molecule has 0 unspecified atom stereocenters. The van der Waals surface area contributed by atoms with E-state index in [4.69, 9.17) is 5.11 Å². The first-order valence-corrected chi connectivity index (χ1v) is 6.39. The average Bonchev–Trinajstić information content (AvgIpc) is 2.32. The predicted molar refractivity (Wildman–Crippen MR) is 74.3 cm³/mol. The SMILES string of the molecule is O=C(O)OCCc1c(F)ccc2cccc(I)c12. The van der Waals surface area contributed by atoms with Gasteiger partial charge in [-0.05, 0) is 40.1 Å². The molecule has 0 heterocycles. The highest BCUT2D eigenvalue weighted by molar-refractivity contribution is 14.1. The van der Waals surface area contributed by atoms with Gasteiger partial charge in [0, 0.05) is 20.9 Å². The smallest absolute Gasteiger partial charge is 0.450 e. The highest BCUT2D eigenvalue weighted by atomic mass is 127. The second-order valence-corrected chi connectivity index (χ2v) is 4.89. The second kappa shape index (κ2) is 5.51. The van der Waals surface area contributed by atoms with Gasteiger partial charge in [-0.1, -0.05) is 18.2 Å². The average molecular weight is 360 g/mol. The lowest BCUT2D eigenvalue weighted by Crippen LogP contribution is -2.06. The van der Waals surface area contributed by atoms with Gasteiger partial charge in [0.15, 0.2) is 0 Å². The molecule has 0 bridgehead atoms. The summed E-state index contributed by atoms with van der Waals surface area (Å²) in [6, 6.07) is 8.81. The van der Waals surface area contributed by atoms with Crippen molar-refractivity contribution in [1.29, 1.82) is 0 Å². The van der Waals surface area contributed by atoms with Gasteiger partial charge in [-0.15, -0.1) is 0 Å². The van der Waals surface area contributed by atoms with E-state index in [0.29, 0.717) is 5.56 Å². The molecule has 5 heteroatoms. The Bertz CT molecular complexity index is 598. The Hall–Kier alpha value is -1.37. The molecule has 0 atom stereocenters. The molecular formula is C13H10FIO3. The van der Waals surface area contributed by atoms with Crippen molar-refractivity contribution in [2.75, 3.05) is 6.61 Å². The highest BCUT2D eigenvalue weighted by Crippen LogP contribution is 2.27. The topological polar surface area (TPSA) is 46.5 Å². The zero-order valence-corrected chi connectivity index (χ0v) is 11.5. The van der Waals surface area contributed by atoms with E-state index in [1.807, 2.05) is 18.2 Å². The molecule has 0 aliphatic rings. The molecule has 0 fully saturated rings. The Morgan fingerprint density at radius 2 is 2.11 bits per heavy atom. The molecule has 94 valence electrons. The normalized spacial score (nSPS) is 10.6. The number of fused-ring (bicyclic) bond motifs is 1. The van der Waals surface area contributed by atoms with Crippen molar-refractivity contribution >= 4 is 39.5 Å². The van der Waals surface area contributed by atoms with Crippen LogP contribution in [0.1, 0.15) is 5.56 Å². The van der Waals surface area contributed by atoms with E-state index in [2.05, 4.69) is 27.3 Å². The Labute approximate surface area is 117 Å². The second-order valence-electron chi connectivity index (χ2n) is 3.73. The fraction of sp³-hybridized carbons (Fsp3) is 0.154. The molecule has 3 nitrogen and oxygen atoms in total. The van der Waals surface area contributed by atoms with Crippen LogP contribution in [0.3, 0.4) is 0 Å². The third-order valence-electron chi connectivity index (χ3n) is 2.62. The number of carboxylic acid groups (broad SMARTS) is 1. The van der Waals surface area contributed by atoms with Crippen LogP contribution in [0.15, 0.2) is 30.3 Å². The first-order chi connectivity index (χ1) is 8.59. The molecule has 2 rings (SSSR count). The number of hydrogen-bond acceptors (Lipinski definition) is 2. The molecule has 0 amide bonds. The van der Waals surface area contributed by atoms with E-state index >= 15 is 0 Å². The monoisotopic (exact) mass is 360 g/mol. The van der Waals surface area contributed by atoms with E-state index in [9.17, 15) is 9.18 Å². The first kappa shape index (κ1) is 13.1. The van der Waals surface area contributed by atoms with E-state index in [-0.39, 0.29) is 18.8 Å². The van der Waals surface area contributed by atoms with Crippen LogP contribution < -0.4 is 0 Å². The van der Waals surface area contributed by atoms with Gasteiger partial charge >= 0.3 is 6.16 Å². The minimum absolute atomic E-state index is 0.0453. The standard InChI is InChI=1S/C13H10FIO3/c14-10-5-4-8-2-1-3-11(15)12(8)9(10)6-7-18-13(16)17/h1-5H,6-7H2,(H,16,17). The zero-order valence-electron chi connectivity index (χ0n) is 9.32. The number of halogens is 2. The first-order valence-electron chi connectivity index (χ1n) is 5.31. The van der Waals surface area contributed by atoms with Gasteiger partial charge in [0.25, 0.3) is 0 Å². The minimum atomic E-state index is -1.34. The van der Waals surface area contributed by atoms with Crippen LogP contribution in [-0.4, -0.2) is 17.9 Å². The third-order valence-corrected chi connectivity index (χ3v) is 3.52. The summed E-state index contributed by atoms with van der Waals surface area (Å²) < 4.78 is 19.2. The molecule has 2 aromatic carbocycles. The lowest BCUT2D eigenvalue weighted by molar-refractivity contribution is 0.0926. The molecule has 0 saturated carbocycles. The molecule has 0 aliphatic heterocycles. The summed E-state index contributed by atoms with van der Waals surface area (Å²) in [5.41, 5.74) is 0.499. The van der Waals surface area contributed by atoms with Crippen LogP contribution in [0.2, 0.25) is 0 Å². The van der Waals surface area contributed by atoms with Crippen molar-refractivity contribution in [3.63, 3.8) is 0 Å². The number of ether oxygens (including phenoxy) is 1. The van der Waals surface area contributed by atoms with E-state index in [0.717, 1.165) is 14.3 Å². The van der Waals surface area contributed by atoms with E-state index < -0.39 is 6.16 Å². The molecule has 0 spiro atoms. The third kappa shape index (κ3) is 2.72. The van der Waals surface area contributed by atoms with Gasteiger partial charge in [0.1, 0.15) is 5.82 Å². The van der Waals surface area contributed by atoms with Gasteiger partial charge < -0.3 is 9.84 Å². The highest BCUT2D eigenvalue weighted by Gasteiger charge is 2.11. The largest absolute Gasteiger partial charge is 0.505 e. The summed E-state index contributed by atoms with van der Waals surface area (Å²) in [5, 5.41) is 10.2. The fourth-order valence-corrected chi connectivity index (χ4v) is 2.71. The Kier molecular flexibility index (Phi) is 4.00. The van der Waals surface area contributed by atoms with Gasteiger partial charge in [0.2, 0.25) is 0 Å². The van der Waals surface area contributed by atoms with Crippen molar-refractivity contribution < 1.29 is 19.0 Å². The summed E-state index contributed by atoms with van der Waals surface area (Å²) in [5.74, 6) is -0.333. The molecular weight excluding hydrogens is 350 g/mol. The Balaban J connectivity index is 2.41. The van der Waals surface area contributed by atoms with Crippen LogP contribution in [0, 0.1) is 9.39 Å². The van der Waals surface area contributed by atoms with Gasteiger partial charge in [0.05, 0.1) is 6.61 Å². The maximum absolute atomic E-state index is 13.8. The summed E-state index contributed by atoms with van der Waals surface area (Å²) in [6.45, 7) is -0.0453. The molecule has 18 heavy (non-hydrogen) atoms.